The van der Waals surface area contributed by atoms with Crippen LogP contribution in [0.25, 0.3) is 0 Å². The molecule has 0 fully saturated rings. The first kappa shape index (κ1) is 13.2. The lowest BCUT2D eigenvalue weighted by Crippen LogP contribution is -2.35. The average Bonchev–Trinajstić information content (AvgIpc) is 2.21. The Kier molecular flexibility index (Phi) is 5.49. The van der Waals surface area contributed by atoms with E-state index in [2.05, 4.69) is 27.3 Å². The van der Waals surface area contributed by atoms with Crippen molar-refractivity contribution in [2.75, 3.05) is 6.54 Å². The molecule has 1 unspecified atom stereocenters. The zero-order valence-electron chi connectivity index (χ0n) is 9.37. The van der Waals surface area contributed by atoms with Gasteiger partial charge in [0.05, 0.1) is 0 Å². The smallest absolute Gasteiger partial charge is 0.221 e. The Morgan fingerprint density at radius 2 is 2.19 bits per heavy atom. The van der Waals surface area contributed by atoms with Crippen molar-refractivity contribution in [3.8, 4) is 0 Å². The molecule has 1 atom stereocenters. The fourth-order valence-electron chi connectivity index (χ4n) is 1.52. The van der Waals surface area contributed by atoms with Crippen molar-refractivity contribution < 1.29 is 4.79 Å². The minimum Gasteiger partial charge on any atom is -0.353 e. The average molecular weight is 285 g/mol. The summed E-state index contributed by atoms with van der Waals surface area (Å²) in [7, 11) is 0. The molecular formula is C12H17BrN2O. The summed E-state index contributed by atoms with van der Waals surface area (Å²) in [6, 6.07) is 8.15. The van der Waals surface area contributed by atoms with E-state index in [0.717, 1.165) is 10.9 Å². The van der Waals surface area contributed by atoms with Crippen LogP contribution in [0.3, 0.4) is 0 Å². The number of benzene rings is 1. The summed E-state index contributed by atoms with van der Waals surface area (Å²) in [6.45, 7) is 2.39. The molecule has 0 aliphatic rings. The summed E-state index contributed by atoms with van der Waals surface area (Å²) in [6.07, 6.45) is 1.21. The molecule has 3 N–H and O–H groups in total. The van der Waals surface area contributed by atoms with Gasteiger partial charge in [-0.25, -0.2) is 0 Å². The molecule has 1 amide bonds. The van der Waals surface area contributed by atoms with Crippen LogP contribution in [0.1, 0.15) is 18.9 Å². The number of carbonyl (C=O) groups is 1. The van der Waals surface area contributed by atoms with Crippen LogP contribution in [0.5, 0.6) is 0 Å². The molecule has 0 aliphatic carbocycles. The molecule has 0 heterocycles. The molecule has 0 spiro atoms. The minimum absolute atomic E-state index is 0.0158. The lowest BCUT2D eigenvalue weighted by atomic mass is 10.1. The Bertz CT molecular complexity index is 355. The van der Waals surface area contributed by atoms with Crippen molar-refractivity contribution in [1.29, 1.82) is 0 Å². The Hall–Kier alpha value is -0.870. The second kappa shape index (κ2) is 6.66. The zero-order valence-corrected chi connectivity index (χ0v) is 11.0. The lowest BCUT2D eigenvalue weighted by Gasteiger charge is -2.14. The molecule has 0 aromatic heterocycles. The third kappa shape index (κ3) is 4.33. The standard InChI is InChI=1S/C12H17BrN2O/c1-9(15-12(16)6-7-14)8-10-4-2-3-5-11(10)13/h2-5,9H,6-8,14H2,1H3,(H,15,16). The molecule has 0 aliphatic heterocycles. The van der Waals surface area contributed by atoms with Crippen LogP contribution in [0, 0.1) is 0 Å². The molecule has 0 saturated heterocycles. The van der Waals surface area contributed by atoms with Gasteiger partial charge in [-0.3, -0.25) is 4.79 Å². The van der Waals surface area contributed by atoms with Crippen LogP contribution in [-0.2, 0) is 11.2 Å². The van der Waals surface area contributed by atoms with Gasteiger partial charge in [0.25, 0.3) is 0 Å². The van der Waals surface area contributed by atoms with E-state index >= 15 is 0 Å². The van der Waals surface area contributed by atoms with Gasteiger partial charge in [0.15, 0.2) is 0 Å². The van der Waals surface area contributed by atoms with Crippen LogP contribution >= 0.6 is 15.9 Å². The molecule has 88 valence electrons. The van der Waals surface area contributed by atoms with Gasteiger partial charge in [0.2, 0.25) is 5.91 Å². The number of amides is 1. The summed E-state index contributed by atoms with van der Waals surface area (Å²) < 4.78 is 1.08. The highest BCUT2D eigenvalue weighted by Gasteiger charge is 2.08. The van der Waals surface area contributed by atoms with Crippen LogP contribution in [-0.4, -0.2) is 18.5 Å². The van der Waals surface area contributed by atoms with Crippen molar-refractivity contribution in [1.82, 2.24) is 5.32 Å². The van der Waals surface area contributed by atoms with Crippen molar-refractivity contribution >= 4 is 21.8 Å². The van der Waals surface area contributed by atoms with Crippen LogP contribution in [0.15, 0.2) is 28.7 Å². The van der Waals surface area contributed by atoms with Crippen molar-refractivity contribution in [3.05, 3.63) is 34.3 Å². The lowest BCUT2D eigenvalue weighted by molar-refractivity contribution is -0.121. The van der Waals surface area contributed by atoms with E-state index in [-0.39, 0.29) is 11.9 Å². The predicted octanol–water partition coefficient (Wildman–Crippen LogP) is 1.85. The Morgan fingerprint density at radius 1 is 1.50 bits per heavy atom. The first-order valence-electron chi connectivity index (χ1n) is 5.36. The molecule has 1 aromatic carbocycles. The van der Waals surface area contributed by atoms with E-state index in [9.17, 15) is 4.79 Å². The van der Waals surface area contributed by atoms with Crippen LogP contribution in [0.4, 0.5) is 0 Å². The summed E-state index contributed by atoms with van der Waals surface area (Å²) in [5.41, 5.74) is 6.51. The number of rotatable bonds is 5. The van der Waals surface area contributed by atoms with E-state index < -0.39 is 0 Å². The Morgan fingerprint density at radius 3 is 2.81 bits per heavy atom. The number of nitrogens with one attached hydrogen (secondary N) is 1. The summed E-state index contributed by atoms with van der Waals surface area (Å²) >= 11 is 3.49. The maximum atomic E-state index is 11.3. The summed E-state index contributed by atoms with van der Waals surface area (Å²) in [5, 5.41) is 2.92. The minimum atomic E-state index is 0.0158. The van der Waals surface area contributed by atoms with Gasteiger partial charge in [0.1, 0.15) is 0 Å². The van der Waals surface area contributed by atoms with E-state index in [1.807, 2.05) is 25.1 Å². The van der Waals surface area contributed by atoms with E-state index in [1.165, 1.54) is 5.56 Å². The van der Waals surface area contributed by atoms with Gasteiger partial charge < -0.3 is 11.1 Å². The monoisotopic (exact) mass is 284 g/mol. The quantitative estimate of drug-likeness (QED) is 0.867. The maximum Gasteiger partial charge on any atom is 0.221 e. The zero-order chi connectivity index (χ0) is 12.0. The SMILES string of the molecule is CC(Cc1ccccc1Br)NC(=O)CCN. The maximum absolute atomic E-state index is 11.3. The number of carbonyl (C=O) groups excluding carboxylic acids is 1. The number of nitrogens with two attached hydrogens (primary N) is 1. The Labute approximate surface area is 105 Å². The van der Waals surface area contributed by atoms with E-state index in [1.54, 1.807) is 0 Å². The largest absolute Gasteiger partial charge is 0.353 e. The first-order chi connectivity index (χ1) is 7.63. The van der Waals surface area contributed by atoms with Gasteiger partial charge in [-0.15, -0.1) is 0 Å². The van der Waals surface area contributed by atoms with Crippen molar-refractivity contribution in [3.63, 3.8) is 0 Å². The van der Waals surface area contributed by atoms with E-state index in [0.29, 0.717) is 13.0 Å². The predicted molar refractivity (Wildman–Crippen MR) is 69.1 cm³/mol. The molecule has 0 radical (unpaired) electrons. The van der Waals surface area contributed by atoms with Crippen LogP contribution in [0.2, 0.25) is 0 Å². The highest BCUT2D eigenvalue weighted by molar-refractivity contribution is 9.10. The highest BCUT2D eigenvalue weighted by Crippen LogP contribution is 2.17. The normalized spacial score (nSPS) is 12.2. The molecule has 16 heavy (non-hydrogen) atoms. The molecular weight excluding hydrogens is 268 g/mol. The number of halogens is 1. The van der Waals surface area contributed by atoms with Gasteiger partial charge >= 0.3 is 0 Å². The fourth-order valence-corrected chi connectivity index (χ4v) is 1.97. The van der Waals surface area contributed by atoms with Gasteiger partial charge in [-0.2, -0.15) is 0 Å². The number of hydrogen-bond acceptors (Lipinski definition) is 2. The Balaban J connectivity index is 2.48. The second-order valence-corrected chi connectivity index (χ2v) is 4.66. The van der Waals surface area contributed by atoms with E-state index in [4.69, 9.17) is 5.73 Å². The summed E-state index contributed by atoms with van der Waals surface area (Å²) in [5.74, 6) is 0.0158. The topological polar surface area (TPSA) is 55.1 Å². The fraction of sp³-hybridized carbons (Fsp3) is 0.417. The van der Waals surface area contributed by atoms with Gasteiger partial charge in [0, 0.05) is 23.5 Å². The molecule has 3 nitrogen and oxygen atoms in total. The highest BCUT2D eigenvalue weighted by atomic mass is 79.9. The van der Waals surface area contributed by atoms with Crippen LogP contribution < -0.4 is 11.1 Å². The molecule has 0 saturated carbocycles. The number of hydrogen-bond donors (Lipinski definition) is 2. The van der Waals surface area contributed by atoms with Gasteiger partial charge in [-0.05, 0) is 25.0 Å². The third-order valence-corrected chi connectivity index (χ3v) is 3.04. The van der Waals surface area contributed by atoms with Gasteiger partial charge in [-0.1, -0.05) is 34.1 Å². The molecule has 1 aromatic rings. The third-order valence-electron chi connectivity index (χ3n) is 2.26. The van der Waals surface area contributed by atoms with Crippen molar-refractivity contribution in [2.24, 2.45) is 5.73 Å². The molecule has 1 rings (SSSR count). The second-order valence-electron chi connectivity index (χ2n) is 3.80. The first-order valence-corrected chi connectivity index (χ1v) is 6.15. The molecule has 4 heteroatoms. The van der Waals surface area contributed by atoms with Crippen molar-refractivity contribution in [2.45, 2.75) is 25.8 Å². The summed E-state index contributed by atoms with van der Waals surface area (Å²) in [4.78, 5) is 11.3. The molecule has 0 bridgehead atoms.